The molecule has 0 radical (unpaired) electrons. The van der Waals surface area contributed by atoms with E-state index in [0.29, 0.717) is 18.4 Å². The lowest BCUT2D eigenvalue weighted by Gasteiger charge is -2.58. The number of azide groups is 1. The molecule has 6 rings (SSSR count). The molecule has 2 heterocycles. The van der Waals surface area contributed by atoms with Gasteiger partial charge in [-0.3, -0.25) is 23.9 Å². The second kappa shape index (κ2) is 10.9. The zero-order chi connectivity index (χ0) is 31.6. The van der Waals surface area contributed by atoms with Gasteiger partial charge >= 0.3 is 11.7 Å². The second-order valence-corrected chi connectivity index (χ2v) is 13.5. The number of fused-ring (bicyclic) bond motifs is 5. The summed E-state index contributed by atoms with van der Waals surface area (Å²) in [5, 5.41) is 25.6. The lowest BCUT2D eigenvalue weighted by atomic mass is 9.47. The summed E-state index contributed by atoms with van der Waals surface area (Å²) in [5.74, 6) is -2.06. The van der Waals surface area contributed by atoms with Crippen LogP contribution in [0, 0.1) is 58.7 Å². The number of aliphatic hydroxyl groups excluding tert-OH is 1. The number of allylic oxidation sites excluding steroid dienone is 4. The van der Waals surface area contributed by atoms with Crippen LogP contribution in [0.5, 0.6) is 0 Å². The molecule has 2 N–H and O–H groups in total. The largest absolute Gasteiger partial charge is 0.463 e. The molecule has 1 saturated heterocycles. The van der Waals surface area contributed by atoms with Gasteiger partial charge in [-0.2, -0.15) is 5.26 Å². The van der Waals surface area contributed by atoms with Gasteiger partial charge in [0, 0.05) is 34.4 Å². The van der Waals surface area contributed by atoms with Gasteiger partial charge in [0.25, 0.3) is 5.56 Å². The fraction of sp³-hybridized carbons (Fsp3) is 0.645. The number of H-pyrrole nitrogens is 1. The van der Waals surface area contributed by atoms with Crippen LogP contribution in [-0.4, -0.2) is 51.3 Å². The van der Waals surface area contributed by atoms with Crippen LogP contribution < -0.4 is 11.2 Å². The van der Waals surface area contributed by atoms with Gasteiger partial charge in [0.15, 0.2) is 5.78 Å². The molecule has 0 aromatic carbocycles. The van der Waals surface area contributed by atoms with E-state index in [4.69, 9.17) is 15.0 Å². The Morgan fingerprint density at radius 2 is 2.11 bits per heavy atom. The fourth-order valence-electron chi connectivity index (χ4n) is 9.21. The molecule has 3 saturated carbocycles. The number of carbonyl (C=O) groups is 2. The monoisotopic (exact) mass is 604 g/mol. The van der Waals surface area contributed by atoms with Gasteiger partial charge < -0.3 is 14.6 Å². The lowest BCUT2D eigenvalue weighted by molar-refractivity contribution is -0.166. The number of carbonyl (C=O) groups excluding carboxylic acids is 2. The van der Waals surface area contributed by atoms with Crippen LogP contribution in [-0.2, 0) is 19.1 Å². The first-order valence-corrected chi connectivity index (χ1v) is 15.1. The number of ether oxygens (including phenoxy) is 2. The molecule has 44 heavy (non-hydrogen) atoms. The molecule has 5 aliphatic rings. The van der Waals surface area contributed by atoms with Crippen molar-refractivity contribution in [2.45, 2.75) is 77.4 Å². The molecule has 232 valence electrons. The highest BCUT2D eigenvalue weighted by atomic mass is 16.6. The molecule has 1 aliphatic heterocycles. The highest BCUT2D eigenvalue weighted by molar-refractivity contribution is 6.01. The predicted octanol–water partition coefficient (Wildman–Crippen LogP) is 3.00. The summed E-state index contributed by atoms with van der Waals surface area (Å²) in [7, 11) is 0. The Kier molecular flexibility index (Phi) is 7.43. The average molecular weight is 605 g/mol. The van der Waals surface area contributed by atoms with Crippen molar-refractivity contribution in [1.82, 2.24) is 9.55 Å². The molecule has 13 heteroatoms. The SMILES string of the molecule is Cc1cn([C@H]2C[C@H](N=[N+]=[N-])[C@@H](COC(=O)C3C(C#N)C[C@H]4[C@@H]5CCC6=CC(=O)C=C[C@]6(C)[C@H]5C(O)C[C@]34C)O2)c(=O)[nH]c1=O. The predicted molar refractivity (Wildman–Crippen MR) is 154 cm³/mol. The Labute approximate surface area is 253 Å². The van der Waals surface area contributed by atoms with E-state index in [1.807, 2.05) is 13.0 Å². The van der Waals surface area contributed by atoms with Crippen molar-refractivity contribution in [1.29, 1.82) is 5.26 Å². The molecule has 0 spiro atoms. The maximum absolute atomic E-state index is 13.8. The zero-order valence-electron chi connectivity index (χ0n) is 24.9. The highest BCUT2D eigenvalue weighted by Gasteiger charge is 2.65. The van der Waals surface area contributed by atoms with Crippen LogP contribution in [0.4, 0.5) is 0 Å². The summed E-state index contributed by atoms with van der Waals surface area (Å²) in [6.45, 7) is 5.34. The van der Waals surface area contributed by atoms with Gasteiger partial charge in [-0.25, -0.2) is 4.79 Å². The number of ketones is 1. The van der Waals surface area contributed by atoms with Crippen LogP contribution in [0.2, 0.25) is 0 Å². The van der Waals surface area contributed by atoms with E-state index in [0.717, 1.165) is 18.4 Å². The van der Waals surface area contributed by atoms with Crippen molar-refractivity contribution in [3.8, 4) is 6.07 Å². The minimum absolute atomic E-state index is 0.000836. The number of hydrogen-bond acceptors (Lipinski definition) is 9. The average Bonchev–Trinajstić information content (AvgIpc) is 3.51. The van der Waals surface area contributed by atoms with Crippen molar-refractivity contribution in [2.24, 2.45) is 45.5 Å². The first-order valence-electron chi connectivity index (χ1n) is 15.1. The number of aromatic amines is 1. The molecular formula is C31H36N6O7. The minimum Gasteiger partial charge on any atom is -0.463 e. The summed E-state index contributed by atoms with van der Waals surface area (Å²) in [6.07, 6.45) is 6.57. The van der Waals surface area contributed by atoms with Crippen molar-refractivity contribution < 1.29 is 24.2 Å². The molecule has 1 aromatic rings. The van der Waals surface area contributed by atoms with Crippen LogP contribution in [0.3, 0.4) is 0 Å². The molecule has 13 nitrogen and oxygen atoms in total. The number of nitriles is 1. The number of aryl methyl sites for hydroxylation is 1. The highest BCUT2D eigenvalue weighted by Crippen LogP contribution is 2.67. The maximum Gasteiger partial charge on any atom is 0.330 e. The smallest absolute Gasteiger partial charge is 0.330 e. The molecule has 1 aromatic heterocycles. The van der Waals surface area contributed by atoms with Crippen LogP contribution in [0.1, 0.15) is 57.7 Å². The number of hydrogen-bond donors (Lipinski definition) is 2. The van der Waals surface area contributed by atoms with Gasteiger partial charge in [-0.05, 0) is 67.5 Å². The van der Waals surface area contributed by atoms with Crippen LogP contribution in [0.15, 0.2) is 44.7 Å². The first kappa shape index (κ1) is 30.1. The molecule has 4 aliphatic carbocycles. The summed E-state index contributed by atoms with van der Waals surface area (Å²) < 4.78 is 13.0. The number of aromatic nitrogens is 2. The number of aliphatic hydroxyl groups is 1. The summed E-state index contributed by atoms with van der Waals surface area (Å²) >= 11 is 0. The number of rotatable bonds is 5. The maximum atomic E-state index is 13.8. The first-order chi connectivity index (χ1) is 20.9. The summed E-state index contributed by atoms with van der Waals surface area (Å²) in [6, 6.07) is 1.60. The van der Waals surface area contributed by atoms with Crippen LogP contribution >= 0.6 is 0 Å². The van der Waals surface area contributed by atoms with E-state index in [9.17, 15) is 29.5 Å². The zero-order valence-corrected chi connectivity index (χ0v) is 24.9. The molecule has 0 amide bonds. The summed E-state index contributed by atoms with van der Waals surface area (Å²) in [5.41, 5.74) is 8.14. The van der Waals surface area contributed by atoms with Gasteiger partial charge in [0.2, 0.25) is 0 Å². The van der Waals surface area contributed by atoms with Crippen molar-refractivity contribution in [3.05, 3.63) is 66.8 Å². The third kappa shape index (κ3) is 4.64. The van der Waals surface area contributed by atoms with E-state index in [-0.39, 0.29) is 36.6 Å². The van der Waals surface area contributed by atoms with Gasteiger partial charge in [-0.1, -0.05) is 30.6 Å². The normalized spacial score (nSPS) is 40.6. The fourth-order valence-corrected chi connectivity index (χ4v) is 9.21. The Bertz CT molecular complexity index is 1670. The molecule has 3 unspecified atom stereocenters. The summed E-state index contributed by atoms with van der Waals surface area (Å²) in [4.78, 5) is 55.3. The van der Waals surface area contributed by atoms with Gasteiger partial charge in [0.1, 0.15) is 18.9 Å². The third-order valence-electron chi connectivity index (χ3n) is 11.2. The Morgan fingerprint density at radius 1 is 1.34 bits per heavy atom. The van der Waals surface area contributed by atoms with Crippen molar-refractivity contribution in [2.75, 3.05) is 6.61 Å². The van der Waals surface area contributed by atoms with Crippen LogP contribution in [0.25, 0.3) is 10.4 Å². The number of nitrogens with one attached hydrogen (secondary N) is 1. The minimum atomic E-state index is -0.852. The number of nitrogens with zero attached hydrogens (tertiary/aromatic N) is 5. The Hall–Kier alpha value is -3.98. The Balaban J connectivity index is 1.21. The molecule has 11 atom stereocenters. The van der Waals surface area contributed by atoms with E-state index in [1.54, 1.807) is 19.1 Å². The van der Waals surface area contributed by atoms with Gasteiger partial charge in [0.05, 0.1) is 30.1 Å². The molecule has 4 fully saturated rings. The number of esters is 1. The van der Waals surface area contributed by atoms with E-state index in [1.165, 1.54) is 10.8 Å². The molecular weight excluding hydrogens is 568 g/mol. The van der Waals surface area contributed by atoms with E-state index in [2.05, 4.69) is 28.0 Å². The second-order valence-electron chi connectivity index (χ2n) is 13.5. The van der Waals surface area contributed by atoms with E-state index >= 15 is 0 Å². The lowest BCUT2D eigenvalue weighted by Crippen LogP contribution is -2.56. The standard InChI is InChI=1S/C31H36N6O7/c1-15-13-37(29(42)34-27(15)40)24-10-21(35-36-33)23(44-24)14-43-28(41)25-16(12-32)8-20-19-5-4-17-9-18(38)6-7-30(17,2)26(19)22(39)11-31(20,25)3/h6-7,9,13,16,19-26,39H,4-5,8,10-11,14H2,1-3H3,(H,34,40,42)/t16?,19-,20-,21-,22?,23+,24+,25?,26+,30-,31-/m0/s1. The van der Waals surface area contributed by atoms with Crippen molar-refractivity contribution >= 4 is 11.8 Å². The third-order valence-corrected chi connectivity index (χ3v) is 11.2. The Morgan fingerprint density at radius 3 is 2.84 bits per heavy atom. The quantitative estimate of drug-likeness (QED) is 0.221. The molecule has 0 bridgehead atoms. The van der Waals surface area contributed by atoms with E-state index < -0.39 is 64.4 Å². The topological polar surface area (TPSA) is 200 Å². The van der Waals surface area contributed by atoms with Crippen molar-refractivity contribution in [3.63, 3.8) is 0 Å². The van der Waals surface area contributed by atoms with Gasteiger partial charge in [-0.15, -0.1) is 0 Å².